The van der Waals surface area contributed by atoms with Crippen molar-refractivity contribution in [3.8, 4) is 0 Å². The minimum Gasteiger partial charge on any atom is -0.489 e. The Labute approximate surface area is 147 Å². The number of ether oxygens (including phenoxy) is 1. The van der Waals surface area contributed by atoms with Gasteiger partial charge in [0.1, 0.15) is 18.4 Å². The van der Waals surface area contributed by atoms with E-state index in [0.717, 1.165) is 4.90 Å². The zero-order valence-electron chi connectivity index (χ0n) is 13.8. The molecular formula is C16H16N4O6. The highest BCUT2D eigenvalue weighted by Gasteiger charge is 2.52. The van der Waals surface area contributed by atoms with Crippen LogP contribution in [0.15, 0.2) is 33.7 Å². The predicted octanol–water partition coefficient (Wildman–Crippen LogP) is -0.489. The molecule has 0 aliphatic carbocycles. The molecule has 3 N–H and O–H groups in total. The van der Waals surface area contributed by atoms with Crippen molar-refractivity contribution in [3.63, 3.8) is 0 Å². The van der Waals surface area contributed by atoms with E-state index in [-0.39, 0.29) is 24.0 Å². The van der Waals surface area contributed by atoms with Gasteiger partial charge in [0.25, 0.3) is 5.91 Å². The lowest BCUT2D eigenvalue weighted by Crippen LogP contribution is -2.71. The van der Waals surface area contributed by atoms with Gasteiger partial charge in [-0.15, -0.1) is 0 Å². The van der Waals surface area contributed by atoms with Gasteiger partial charge in [-0.2, -0.15) is 0 Å². The summed E-state index contributed by atoms with van der Waals surface area (Å²) in [6.07, 6.45) is 1.77. The smallest absolute Gasteiger partial charge is 0.356 e. The number of aryl methyl sites for hydroxylation is 1. The van der Waals surface area contributed by atoms with Crippen LogP contribution in [0, 0.1) is 6.92 Å². The summed E-state index contributed by atoms with van der Waals surface area (Å²) in [6, 6.07) is 0.382. The van der Waals surface area contributed by atoms with E-state index in [4.69, 9.17) is 15.0 Å². The van der Waals surface area contributed by atoms with Crippen LogP contribution in [-0.4, -0.2) is 58.2 Å². The molecule has 2 fully saturated rings. The van der Waals surface area contributed by atoms with Crippen molar-refractivity contribution in [2.45, 2.75) is 25.4 Å². The number of rotatable bonds is 3. The van der Waals surface area contributed by atoms with Crippen LogP contribution in [0.4, 0.5) is 5.82 Å². The molecule has 0 bridgehead atoms. The molecule has 10 nitrogen and oxygen atoms in total. The van der Waals surface area contributed by atoms with Crippen LogP contribution < -0.4 is 10.6 Å². The number of hydrogen-bond acceptors (Lipinski definition) is 7. The molecule has 3 aliphatic rings. The minimum atomic E-state index is -1.31. The van der Waals surface area contributed by atoms with Gasteiger partial charge in [0.2, 0.25) is 5.91 Å². The lowest BCUT2D eigenvalue weighted by Gasteiger charge is -2.47. The maximum atomic E-state index is 12.6. The van der Waals surface area contributed by atoms with Gasteiger partial charge in [0.15, 0.2) is 17.3 Å². The van der Waals surface area contributed by atoms with Crippen molar-refractivity contribution in [1.29, 1.82) is 0 Å². The Kier molecular flexibility index (Phi) is 3.58. The zero-order valence-corrected chi connectivity index (χ0v) is 13.8. The fourth-order valence-corrected chi connectivity index (χ4v) is 3.31. The largest absolute Gasteiger partial charge is 0.489 e. The zero-order chi connectivity index (χ0) is 18.6. The second-order valence-electron chi connectivity index (χ2n) is 6.30. The highest BCUT2D eigenvalue weighted by molar-refractivity contribution is 6.08. The van der Waals surface area contributed by atoms with Crippen LogP contribution >= 0.6 is 0 Å². The summed E-state index contributed by atoms with van der Waals surface area (Å²) in [4.78, 5) is 38.7. The van der Waals surface area contributed by atoms with Gasteiger partial charge in [0, 0.05) is 18.2 Å². The number of aliphatic carboxylic acids is 1. The number of amides is 2. The lowest BCUT2D eigenvalue weighted by atomic mass is 9.93. The number of hydrogen-bond donors (Lipinski definition) is 2. The number of anilines is 1. The van der Waals surface area contributed by atoms with Crippen LogP contribution in [0.3, 0.4) is 0 Å². The third-order valence-electron chi connectivity index (χ3n) is 4.68. The van der Waals surface area contributed by atoms with Gasteiger partial charge in [0.05, 0.1) is 6.04 Å². The van der Waals surface area contributed by atoms with Crippen molar-refractivity contribution in [3.05, 3.63) is 34.9 Å². The average molecular weight is 360 g/mol. The van der Waals surface area contributed by atoms with Crippen molar-refractivity contribution in [1.82, 2.24) is 10.1 Å². The number of allylic oxidation sites excluding steroid dienone is 1. The number of carboxylic acids is 1. The summed E-state index contributed by atoms with van der Waals surface area (Å²) in [5, 5.41) is 13.3. The molecule has 136 valence electrons. The van der Waals surface area contributed by atoms with Crippen LogP contribution in [0.5, 0.6) is 0 Å². The first kappa shape index (κ1) is 16.3. The number of carboxylic acid groups (broad SMARTS) is 1. The minimum absolute atomic E-state index is 0.0180. The van der Waals surface area contributed by atoms with E-state index in [2.05, 4.69) is 5.16 Å². The molecule has 0 radical (unpaired) electrons. The summed E-state index contributed by atoms with van der Waals surface area (Å²) in [5.74, 6) is -1.13. The molecule has 1 aromatic heterocycles. The van der Waals surface area contributed by atoms with E-state index < -0.39 is 24.0 Å². The Morgan fingerprint density at radius 3 is 2.88 bits per heavy atom. The normalized spacial score (nSPS) is 26.9. The first-order valence-electron chi connectivity index (χ1n) is 8.03. The van der Waals surface area contributed by atoms with Gasteiger partial charge < -0.3 is 20.1 Å². The maximum absolute atomic E-state index is 12.6. The number of β-lactam (4-membered cyclic amide) rings is 1. The monoisotopic (exact) mass is 360 g/mol. The highest BCUT2D eigenvalue weighted by Crippen LogP contribution is 2.33. The Morgan fingerprint density at radius 2 is 2.23 bits per heavy atom. The summed E-state index contributed by atoms with van der Waals surface area (Å²) in [7, 11) is 0. The fraction of sp³-hybridized carbons (Fsp3) is 0.375. The first-order valence-corrected chi connectivity index (χ1v) is 8.03. The molecule has 0 unspecified atom stereocenters. The highest BCUT2D eigenvalue weighted by atomic mass is 16.5. The number of fused-ring (bicyclic) bond motifs is 1. The summed E-state index contributed by atoms with van der Waals surface area (Å²) < 4.78 is 10.5. The molecule has 0 saturated carbocycles. The van der Waals surface area contributed by atoms with Crippen molar-refractivity contribution in [2.75, 3.05) is 18.1 Å². The van der Waals surface area contributed by atoms with Crippen LogP contribution in [0.25, 0.3) is 0 Å². The third kappa shape index (κ3) is 2.30. The SMILES string of the molecule is Cc1cc(N2CCC(=CC3=C(C(=O)O)N4C(=O)[C@@H](N)[C@H]4CO3)C2=O)no1. The fourth-order valence-electron chi connectivity index (χ4n) is 3.31. The van der Waals surface area contributed by atoms with E-state index in [1.807, 2.05) is 0 Å². The first-order chi connectivity index (χ1) is 12.4. The Bertz CT molecular complexity index is 885. The molecule has 1 aromatic rings. The Morgan fingerprint density at radius 1 is 1.46 bits per heavy atom. The van der Waals surface area contributed by atoms with Gasteiger partial charge >= 0.3 is 5.97 Å². The molecule has 0 aromatic carbocycles. The van der Waals surface area contributed by atoms with E-state index in [1.54, 1.807) is 13.0 Å². The summed E-state index contributed by atoms with van der Waals surface area (Å²) in [5.41, 5.74) is 5.76. The third-order valence-corrected chi connectivity index (χ3v) is 4.68. The second kappa shape index (κ2) is 5.70. The van der Waals surface area contributed by atoms with Crippen molar-refractivity contribution < 1.29 is 28.8 Å². The Hall–Kier alpha value is -3.14. The molecule has 10 heteroatoms. The van der Waals surface area contributed by atoms with Crippen LogP contribution in [0.2, 0.25) is 0 Å². The molecule has 26 heavy (non-hydrogen) atoms. The Balaban J connectivity index is 1.65. The number of aromatic nitrogens is 1. The van der Waals surface area contributed by atoms with Gasteiger partial charge in [-0.05, 0) is 19.4 Å². The molecular weight excluding hydrogens is 344 g/mol. The van der Waals surface area contributed by atoms with E-state index in [1.165, 1.54) is 11.0 Å². The molecule has 2 amide bonds. The van der Waals surface area contributed by atoms with Crippen LogP contribution in [-0.2, 0) is 19.1 Å². The van der Waals surface area contributed by atoms with E-state index >= 15 is 0 Å². The predicted molar refractivity (Wildman–Crippen MR) is 85.5 cm³/mol. The second-order valence-corrected chi connectivity index (χ2v) is 6.30. The maximum Gasteiger partial charge on any atom is 0.356 e. The van der Waals surface area contributed by atoms with E-state index in [9.17, 15) is 19.5 Å². The van der Waals surface area contributed by atoms with Gasteiger partial charge in [-0.1, -0.05) is 5.16 Å². The number of nitrogens with two attached hydrogens (primary N) is 1. The summed E-state index contributed by atoms with van der Waals surface area (Å²) >= 11 is 0. The number of carbonyl (C=O) groups excluding carboxylic acids is 2. The van der Waals surface area contributed by atoms with Crippen LogP contribution in [0.1, 0.15) is 12.2 Å². The molecule has 3 aliphatic heterocycles. The van der Waals surface area contributed by atoms with Crippen molar-refractivity contribution in [2.24, 2.45) is 5.73 Å². The quantitative estimate of drug-likeness (QED) is 0.544. The molecule has 2 atom stereocenters. The van der Waals surface area contributed by atoms with Gasteiger partial charge in [-0.25, -0.2) is 4.79 Å². The number of nitrogens with zero attached hydrogens (tertiary/aromatic N) is 3. The topological polar surface area (TPSA) is 139 Å². The standard InChI is InChI=1S/C16H16N4O6/c1-7-4-11(18-26-7)19-3-2-8(14(19)21)5-10-13(16(23)24)20-9(6-25-10)12(17)15(20)22/h4-5,9,12H,2-3,6,17H2,1H3,(H,23,24)/t9-,12+/m1/s1. The number of carbonyl (C=O) groups is 3. The molecule has 0 spiro atoms. The lowest BCUT2D eigenvalue weighted by molar-refractivity contribution is -0.156. The molecule has 4 rings (SSSR count). The van der Waals surface area contributed by atoms with Gasteiger partial charge in [-0.3, -0.25) is 19.4 Å². The van der Waals surface area contributed by atoms with Crippen molar-refractivity contribution >= 4 is 23.6 Å². The summed E-state index contributed by atoms with van der Waals surface area (Å²) in [6.45, 7) is 2.20. The van der Waals surface area contributed by atoms with E-state index in [0.29, 0.717) is 30.1 Å². The molecule has 4 heterocycles. The molecule has 2 saturated heterocycles. The average Bonchev–Trinajstić information content (AvgIpc) is 3.19.